The molecule has 0 spiro atoms. The first-order valence-corrected chi connectivity index (χ1v) is 6.09. The summed E-state index contributed by atoms with van der Waals surface area (Å²) in [7, 11) is 2.02. The zero-order valence-corrected chi connectivity index (χ0v) is 10.8. The van der Waals surface area contributed by atoms with Gasteiger partial charge in [0.15, 0.2) is 0 Å². The maximum Gasteiger partial charge on any atom is 0.0633 e. The van der Waals surface area contributed by atoms with Gasteiger partial charge in [0.2, 0.25) is 0 Å². The van der Waals surface area contributed by atoms with Crippen LogP contribution in [0, 0.1) is 0 Å². The smallest absolute Gasteiger partial charge is 0.0633 e. The van der Waals surface area contributed by atoms with Gasteiger partial charge in [-0.3, -0.25) is 0 Å². The Bertz CT molecular complexity index is 530. The summed E-state index contributed by atoms with van der Waals surface area (Å²) in [6.45, 7) is 2.25. The molecule has 0 fully saturated rings. The van der Waals surface area contributed by atoms with Crippen molar-refractivity contribution in [2.45, 2.75) is 19.0 Å². The van der Waals surface area contributed by atoms with E-state index in [0.29, 0.717) is 6.54 Å². The van der Waals surface area contributed by atoms with Crippen LogP contribution in [0.25, 0.3) is 10.9 Å². The van der Waals surface area contributed by atoms with Crippen LogP contribution >= 0.6 is 0 Å². The lowest BCUT2D eigenvalue weighted by Crippen LogP contribution is -2.48. The SMILES string of the molecule is Cn1cc(CNC(C)(CO)CO)c2ccccc21. The van der Waals surface area contributed by atoms with Crippen molar-refractivity contribution in [2.75, 3.05) is 13.2 Å². The van der Waals surface area contributed by atoms with E-state index in [9.17, 15) is 10.2 Å². The molecule has 0 aliphatic carbocycles. The summed E-state index contributed by atoms with van der Waals surface area (Å²) in [5.41, 5.74) is 1.71. The maximum absolute atomic E-state index is 9.25. The normalized spacial score (nSPS) is 12.2. The van der Waals surface area contributed by atoms with Crippen molar-refractivity contribution in [2.24, 2.45) is 7.05 Å². The average molecular weight is 248 g/mol. The molecule has 4 heteroatoms. The lowest BCUT2D eigenvalue weighted by atomic mass is 10.0. The molecule has 1 aromatic carbocycles. The molecule has 0 aliphatic heterocycles. The molecule has 3 N–H and O–H groups in total. The number of nitrogens with one attached hydrogen (secondary N) is 1. The van der Waals surface area contributed by atoms with Crippen molar-refractivity contribution < 1.29 is 10.2 Å². The first-order chi connectivity index (χ1) is 8.59. The highest BCUT2D eigenvalue weighted by molar-refractivity contribution is 5.83. The van der Waals surface area contributed by atoms with Gasteiger partial charge in [-0.15, -0.1) is 0 Å². The molecule has 0 bridgehead atoms. The molecule has 0 saturated heterocycles. The van der Waals surface area contributed by atoms with Crippen LogP contribution in [0.15, 0.2) is 30.5 Å². The topological polar surface area (TPSA) is 57.4 Å². The van der Waals surface area contributed by atoms with Crippen molar-refractivity contribution in [3.63, 3.8) is 0 Å². The molecule has 0 radical (unpaired) electrons. The Labute approximate surface area is 107 Å². The fourth-order valence-electron chi connectivity index (χ4n) is 2.04. The monoisotopic (exact) mass is 248 g/mol. The van der Waals surface area contributed by atoms with Gasteiger partial charge in [-0.05, 0) is 18.6 Å². The minimum atomic E-state index is -0.642. The van der Waals surface area contributed by atoms with E-state index in [2.05, 4.69) is 28.2 Å². The number of benzene rings is 1. The van der Waals surface area contributed by atoms with Crippen LogP contribution in [-0.4, -0.2) is 33.5 Å². The number of nitrogens with zero attached hydrogens (tertiary/aromatic N) is 1. The Hall–Kier alpha value is -1.36. The molecule has 1 heterocycles. The summed E-state index contributed by atoms with van der Waals surface area (Å²) in [5.74, 6) is 0. The number of para-hydroxylation sites is 1. The zero-order chi connectivity index (χ0) is 13.2. The van der Waals surface area contributed by atoms with Gasteiger partial charge < -0.3 is 20.1 Å². The highest BCUT2D eigenvalue weighted by atomic mass is 16.3. The molecule has 0 amide bonds. The molecular weight excluding hydrogens is 228 g/mol. The standard InChI is InChI=1S/C14H20N2O2/c1-14(9-17,10-18)15-7-11-8-16(2)13-6-4-3-5-12(11)13/h3-6,8,15,17-18H,7,9-10H2,1-2H3. The predicted octanol–water partition coefficient (Wildman–Crippen LogP) is 1.01. The van der Waals surface area contributed by atoms with E-state index in [0.717, 1.165) is 0 Å². The van der Waals surface area contributed by atoms with Crippen LogP contribution in [0.3, 0.4) is 0 Å². The number of aryl methyl sites for hydroxylation is 1. The third kappa shape index (κ3) is 2.41. The number of fused-ring (bicyclic) bond motifs is 1. The van der Waals surface area contributed by atoms with E-state index in [-0.39, 0.29) is 13.2 Å². The molecule has 1 aromatic heterocycles. The van der Waals surface area contributed by atoms with Gasteiger partial charge in [0, 0.05) is 30.7 Å². The number of aliphatic hydroxyl groups excluding tert-OH is 2. The van der Waals surface area contributed by atoms with Gasteiger partial charge in [0.05, 0.1) is 18.8 Å². The fourth-order valence-corrected chi connectivity index (χ4v) is 2.04. The fraction of sp³-hybridized carbons (Fsp3) is 0.429. The summed E-state index contributed by atoms with van der Waals surface area (Å²) < 4.78 is 2.08. The van der Waals surface area contributed by atoms with Gasteiger partial charge in [-0.25, -0.2) is 0 Å². The van der Waals surface area contributed by atoms with Crippen LogP contribution < -0.4 is 5.32 Å². The molecule has 98 valence electrons. The highest BCUT2D eigenvalue weighted by Crippen LogP contribution is 2.20. The van der Waals surface area contributed by atoms with E-state index in [1.807, 2.05) is 19.2 Å². The van der Waals surface area contributed by atoms with Crippen molar-refractivity contribution >= 4 is 10.9 Å². The molecule has 18 heavy (non-hydrogen) atoms. The Morgan fingerprint density at radius 3 is 2.56 bits per heavy atom. The maximum atomic E-state index is 9.25. The Balaban J connectivity index is 2.22. The number of aliphatic hydroxyl groups is 2. The Kier molecular flexibility index (Phi) is 3.71. The summed E-state index contributed by atoms with van der Waals surface area (Å²) in [6, 6.07) is 8.20. The predicted molar refractivity (Wildman–Crippen MR) is 72.3 cm³/mol. The lowest BCUT2D eigenvalue weighted by Gasteiger charge is -2.26. The van der Waals surface area contributed by atoms with Gasteiger partial charge in [-0.2, -0.15) is 0 Å². The second-order valence-corrected chi connectivity index (χ2v) is 5.01. The lowest BCUT2D eigenvalue weighted by molar-refractivity contribution is 0.103. The summed E-state index contributed by atoms with van der Waals surface area (Å²) in [6.07, 6.45) is 2.08. The summed E-state index contributed by atoms with van der Waals surface area (Å²) in [5, 5.41) is 22.9. The van der Waals surface area contributed by atoms with Crippen molar-refractivity contribution in [1.82, 2.24) is 9.88 Å². The minimum Gasteiger partial charge on any atom is -0.394 e. The quantitative estimate of drug-likeness (QED) is 0.740. The summed E-state index contributed by atoms with van der Waals surface area (Å²) in [4.78, 5) is 0. The van der Waals surface area contributed by atoms with Gasteiger partial charge in [0.25, 0.3) is 0 Å². The second kappa shape index (κ2) is 5.10. The second-order valence-electron chi connectivity index (χ2n) is 5.01. The average Bonchev–Trinajstić information content (AvgIpc) is 2.74. The third-order valence-corrected chi connectivity index (χ3v) is 3.38. The van der Waals surface area contributed by atoms with E-state index in [1.54, 1.807) is 6.92 Å². The number of hydrogen-bond donors (Lipinski definition) is 3. The number of hydrogen-bond acceptors (Lipinski definition) is 3. The van der Waals surface area contributed by atoms with Crippen LogP contribution in [0.1, 0.15) is 12.5 Å². The first kappa shape index (κ1) is 13.1. The van der Waals surface area contributed by atoms with Crippen LogP contribution in [-0.2, 0) is 13.6 Å². The third-order valence-electron chi connectivity index (χ3n) is 3.38. The molecule has 0 saturated carbocycles. The Morgan fingerprint density at radius 1 is 1.22 bits per heavy atom. The van der Waals surface area contributed by atoms with Crippen LogP contribution in [0.5, 0.6) is 0 Å². The molecular formula is C14H20N2O2. The molecule has 2 rings (SSSR count). The molecule has 0 aliphatic rings. The van der Waals surface area contributed by atoms with Crippen LogP contribution in [0.2, 0.25) is 0 Å². The molecule has 4 nitrogen and oxygen atoms in total. The van der Waals surface area contributed by atoms with Crippen molar-refractivity contribution in [3.8, 4) is 0 Å². The van der Waals surface area contributed by atoms with Crippen molar-refractivity contribution in [1.29, 1.82) is 0 Å². The zero-order valence-electron chi connectivity index (χ0n) is 10.8. The van der Waals surface area contributed by atoms with E-state index >= 15 is 0 Å². The molecule has 2 aromatic rings. The van der Waals surface area contributed by atoms with E-state index in [4.69, 9.17) is 0 Å². The Morgan fingerprint density at radius 2 is 1.89 bits per heavy atom. The number of aromatic nitrogens is 1. The number of rotatable bonds is 5. The van der Waals surface area contributed by atoms with Gasteiger partial charge in [-0.1, -0.05) is 18.2 Å². The van der Waals surface area contributed by atoms with E-state index < -0.39 is 5.54 Å². The van der Waals surface area contributed by atoms with Gasteiger partial charge >= 0.3 is 0 Å². The molecule has 0 atom stereocenters. The largest absolute Gasteiger partial charge is 0.394 e. The van der Waals surface area contributed by atoms with Gasteiger partial charge in [0.1, 0.15) is 0 Å². The minimum absolute atomic E-state index is 0.0890. The first-order valence-electron chi connectivity index (χ1n) is 6.09. The highest BCUT2D eigenvalue weighted by Gasteiger charge is 2.21. The van der Waals surface area contributed by atoms with Crippen molar-refractivity contribution in [3.05, 3.63) is 36.0 Å². The van der Waals surface area contributed by atoms with E-state index in [1.165, 1.54) is 16.5 Å². The van der Waals surface area contributed by atoms with Crippen LogP contribution in [0.4, 0.5) is 0 Å². The molecule has 0 unspecified atom stereocenters. The summed E-state index contributed by atoms with van der Waals surface area (Å²) >= 11 is 0.